The molecule has 0 saturated heterocycles. The fourth-order valence-electron chi connectivity index (χ4n) is 2.91. The zero-order valence-corrected chi connectivity index (χ0v) is 15.5. The molecule has 142 valence electrons. The highest BCUT2D eigenvalue weighted by molar-refractivity contribution is 5.63. The van der Waals surface area contributed by atoms with Gasteiger partial charge >= 0.3 is 0 Å². The number of aryl methyl sites for hydroxylation is 1. The Bertz CT molecular complexity index is 1040. The second kappa shape index (κ2) is 8.01. The Morgan fingerprint density at radius 1 is 1.11 bits per heavy atom. The van der Waals surface area contributed by atoms with E-state index in [9.17, 15) is 0 Å². The van der Waals surface area contributed by atoms with E-state index in [-0.39, 0.29) is 0 Å². The van der Waals surface area contributed by atoms with Crippen LogP contribution in [0, 0.1) is 6.92 Å². The number of hydrogen-bond donors (Lipinski definition) is 2. The van der Waals surface area contributed by atoms with E-state index in [0.717, 1.165) is 11.4 Å². The standard InChI is InChI=1S/C20H21N7O/c1-14-4-2-3-5-15(14)13-27-19(17-6-9-28-26-17)10-18(25-27)20-23-11-16(12-24-20)22-8-7-21/h2-6,9-12,22H,7-8,13,21H2,1H3. The lowest BCUT2D eigenvalue weighted by Gasteiger charge is -2.08. The first kappa shape index (κ1) is 17.9. The van der Waals surface area contributed by atoms with Crippen molar-refractivity contribution in [1.82, 2.24) is 24.9 Å². The maximum atomic E-state index is 5.51. The van der Waals surface area contributed by atoms with E-state index < -0.39 is 0 Å². The molecule has 0 saturated carbocycles. The van der Waals surface area contributed by atoms with Crippen molar-refractivity contribution in [3.05, 3.63) is 66.2 Å². The van der Waals surface area contributed by atoms with E-state index >= 15 is 0 Å². The molecule has 4 rings (SSSR count). The summed E-state index contributed by atoms with van der Waals surface area (Å²) >= 11 is 0. The van der Waals surface area contributed by atoms with Gasteiger partial charge in [-0.05, 0) is 24.1 Å². The smallest absolute Gasteiger partial charge is 0.180 e. The Balaban J connectivity index is 1.68. The first-order valence-corrected chi connectivity index (χ1v) is 9.04. The molecule has 0 fully saturated rings. The number of rotatable bonds is 7. The SMILES string of the molecule is Cc1ccccc1Cn1nc(-c2ncc(NCCN)cn2)cc1-c1ccon1. The molecule has 0 radical (unpaired) electrons. The fourth-order valence-corrected chi connectivity index (χ4v) is 2.91. The maximum Gasteiger partial charge on any atom is 0.180 e. The van der Waals surface area contributed by atoms with Crippen LogP contribution in [-0.4, -0.2) is 38.0 Å². The second-order valence-corrected chi connectivity index (χ2v) is 6.39. The molecule has 3 N–H and O–H groups in total. The molecule has 0 bridgehead atoms. The summed E-state index contributed by atoms with van der Waals surface area (Å²) in [4.78, 5) is 8.86. The van der Waals surface area contributed by atoms with Gasteiger partial charge in [0.2, 0.25) is 0 Å². The zero-order valence-electron chi connectivity index (χ0n) is 15.5. The van der Waals surface area contributed by atoms with Gasteiger partial charge in [-0.3, -0.25) is 4.68 Å². The van der Waals surface area contributed by atoms with Gasteiger partial charge in [0, 0.05) is 19.2 Å². The predicted octanol–water partition coefficient (Wildman–Crippen LogP) is 2.72. The Morgan fingerprint density at radius 2 is 1.93 bits per heavy atom. The van der Waals surface area contributed by atoms with Crippen LogP contribution in [0.25, 0.3) is 22.9 Å². The molecule has 0 aliphatic rings. The summed E-state index contributed by atoms with van der Waals surface area (Å²) in [6.07, 6.45) is 5.01. The summed E-state index contributed by atoms with van der Waals surface area (Å²) in [6, 6.07) is 12.0. The van der Waals surface area contributed by atoms with E-state index in [2.05, 4.69) is 39.5 Å². The zero-order chi connectivity index (χ0) is 19.3. The van der Waals surface area contributed by atoms with Crippen LogP contribution in [0.4, 0.5) is 5.69 Å². The molecular formula is C20H21N7O. The van der Waals surface area contributed by atoms with Crippen LogP contribution in [0.3, 0.4) is 0 Å². The lowest BCUT2D eigenvalue weighted by Crippen LogP contribution is -2.13. The summed E-state index contributed by atoms with van der Waals surface area (Å²) in [7, 11) is 0. The van der Waals surface area contributed by atoms with Crippen molar-refractivity contribution in [2.45, 2.75) is 13.5 Å². The molecule has 1 aromatic carbocycles. The number of hydrogen-bond acceptors (Lipinski definition) is 7. The first-order valence-electron chi connectivity index (χ1n) is 9.04. The van der Waals surface area contributed by atoms with Crippen LogP contribution in [0.1, 0.15) is 11.1 Å². The average Bonchev–Trinajstić information content (AvgIpc) is 3.38. The van der Waals surface area contributed by atoms with Crippen molar-refractivity contribution in [3.63, 3.8) is 0 Å². The summed E-state index contributed by atoms with van der Waals surface area (Å²) in [5, 5.41) is 12.0. The van der Waals surface area contributed by atoms with Crippen molar-refractivity contribution in [3.8, 4) is 22.9 Å². The molecule has 28 heavy (non-hydrogen) atoms. The highest BCUT2D eigenvalue weighted by Crippen LogP contribution is 2.25. The number of nitrogens with zero attached hydrogens (tertiary/aromatic N) is 5. The molecular weight excluding hydrogens is 354 g/mol. The molecule has 3 aromatic heterocycles. The number of aromatic nitrogens is 5. The molecule has 0 atom stereocenters. The monoisotopic (exact) mass is 375 g/mol. The molecule has 0 amide bonds. The lowest BCUT2D eigenvalue weighted by atomic mass is 10.1. The van der Waals surface area contributed by atoms with Crippen LogP contribution < -0.4 is 11.1 Å². The summed E-state index contributed by atoms with van der Waals surface area (Å²) in [5.41, 5.74) is 11.0. The van der Waals surface area contributed by atoms with E-state index in [4.69, 9.17) is 15.4 Å². The van der Waals surface area contributed by atoms with Gasteiger partial charge in [0.25, 0.3) is 0 Å². The topological polar surface area (TPSA) is 108 Å². The van der Waals surface area contributed by atoms with Gasteiger partial charge in [-0.1, -0.05) is 29.4 Å². The number of nitrogens with one attached hydrogen (secondary N) is 1. The van der Waals surface area contributed by atoms with Crippen LogP contribution in [0.15, 0.2) is 59.6 Å². The number of nitrogens with two attached hydrogens (primary N) is 1. The number of anilines is 1. The fraction of sp³-hybridized carbons (Fsp3) is 0.200. The Hall–Kier alpha value is -3.52. The predicted molar refractivity (Wildman–Crippen MR) is 107 cm³/mol. The van der Waals surface area contributed by atoms with Crippen molar-refractivity contribution >= 4 is 5.69 Å². The minimum atomic E-state index is 0.548. The van der Waals surface area contributed by atoms with Gasteiger partial charge in [-0.25, -0.2) is 9.97 Å². The van der Waals surface area contributed by atoms with E-state index in [0.29, 0.717) is 36.8 Å². The minimum absolute atomic E-state index is 0.548. The molecule has 8 nitrogen and oxygen atoms in total. The molecule has 0 spiro atoms. The van der Waals surface area contributed by atoms with Gasteiger partial charge in [0.05, 0.1) is 30.3 Å². The first-order chi connectivity index (χ1) is 13.7. The molecule has 0 unspecified atom stereocenters. The molecule has 3 heterocycles. The molecule has 0 aliphatic carbocycles. The van der Waals surface area contributed by atoms with Gasteiger partial charge in [0.15, 0.2) is 5.82 Å². The minimum Gasteiger partial charge on any atom is -0.381 e. The van der Waals surface area contributed by atoms with E-state index in [1.807, 2.05) is 28.9 Å². The third kappa shape index (κ3) is 3.77. The lowest BCUT2D eigenvalue weighted by molar-refractivity contribution is 0.421. The van der Waals surface area contributed by atoms with Crippen molar-refractivity contribution in [2.75, 3.05) is 18.4 Å². The third-order valence-corrected chi connectivity index (χ3v) is 4.42. The van der Waals surface area contributed by atoms with E-state index in [1.54, 1.807) is 18.7 Å². The Labute approximate surface area is 162 Å². The van der Waals surface area contributed by atoms with E-state index in [1.165, 1.54) is 11.1 Å². The average molecular weight is 375 g/mol. The van der Waals surface area contributed by atoms with Crippen LogP contribution >= 0.6 is 0 Å². The van der Waals surface area contributed by atoms with Crippen molar-refractivity contribution in [1.29, 1.82) is 0 Å². The highest BCUT2D eigenvalue weighted by atomic mass is 16.5. The van der Waals surface area contributed by atoms with Gasteiger partial charge in [0.1, 0.15) is 17.7 Å². The van der Waals surface area contributed by atoms with Gasteiger partial charge in [-0.15, -0.1) is 0 Å². The largest absolute Gasteiger partial charge is 0.381 e. The Morgan fingerprint density at radius 3 is 2.64 bits per heavy atom. The summed E-state index contributed by atoms with van der Waals surface area (Å²) in [5.74, 6) is 0.548. The molecule has 4 aromatic rings. The Kier molecular flexibility index (Phi) is 5.11. The number of benzene rings is 1. The van der Waals surface area contributed by atoms with Crippen LogP contribution in [0.5, 0.6) is 0 Å². The molecule has 8 heteroatoms. The van der Waals surface area contributed by atoms with Crippen LogP contribution in [-0.2, 0) is 6.54 Å². The maximum absolute atomic E-state index is 5.51. The third-order valence-electron chi connectivity index (χ3n) is 4.42. The summed E-state index contributed by atoms with van der Waals surface area (Å²) in [6.45, 7) is 3.92. The molecule has 0 aliphatic heterocycles. The summed E-state index contributed by atoms with van der Waals surface area (Å²) < 4.78 is 6.93. The normalized spacial score (nSPS) is 10.9. The van der Waals surface area contributed by atoms with Crippen molar-refractivity contribution < 1.29 is 4.52 Å². The van der Waals surface area contributed by atoms with Gasteiger partial charge in [-0.2, -0.15) is 5.10 Å². The quantitative estimate of drug-likeness (QED) is 0.511. The van der Waals surface area contributed by atoms with Crippen LogP contribution in [0.2, 0.25) is 0 Å². The van der Waals surface area contributed by atoms with Gasteiger partial charge < -0.3 is 15.6 Å². The second-order valence-electron chi connectivity index (χ2n) is 6.39. The van der Waals surface area contributed by atoms with Crippen molar-refractivity contribution in [2.24, 2.45) is 5.73 Å². The highest BCUT2D eigenvalue weighted by Gasteiger charge is 2.16.